The molecule has 0 aliphatic rings. The van der Waals surface area contributed by atoms with Crippen molar-refractivity contribution in [2.45, 2.75) is 13.5 Å². The van der Waals surface area contributed by atoms with Crippen molar-refractivity contribution in [3.8, 4) is 5.88 Å². The van der Waals surface area contributed by atoms with Gasteiger partial charge in [-0.15, -0.1) is 0 Å². The van der Waals surface area contributed by atoms with Gasteiger partial charge in [0.1, 0.15) is 0 Å². The summed E-state index contributed by atoms with van der Waals surface area (Å²) in [6.07, 6.45) is 1.62. The number of nitrogens with zero attached hydrogens (tertiary/aromatic N) is 2. The third-order valence-electron chi connectivity index (χ3n) is 2.31. The summed E-state index contributed by atoms with van der Waals surface area (Å²) in [5.74, 6) is 0.414. The predicted octanol–water partition coefficient (Wildman–Crippen LogP) is 1.32. The van der Waals surface area contributed by atoms with Crippen LogP contribution in [0.5, 0.6) is 5.88 Å². The van der Waals surface area contributed by atoms with Crippen molar-refractivity contribution < 1.29 is 14.1 Å². The average Bonchev–Trinajstić information content (AvgIpc) is 2.83. The van der Waals surface area contributed by atoms with Gasteiger partial charge in [0.25, 0.3) is 5.91 Å². The highest BCUT2D eigenvalue weighted by molar-refractivity contribution is 5.91. The fraction of sp³-hybridized carbons (Fsp3) is 0.250. The van der Waals surface area contributed by atoms with Crippen LogP contribution in [0.2, 0.25) is 0 Å². The van der Waals surface area contributed by atoms with Gasteiger partial charge in [0, 0.05) is 24.9 Å². The number of methoxy groups -OCH3 is 1. The lowest BCUT2D eigenvalue weighted by Gasteiger charge is -2.04. The van der Waals surface area contributed by atoms with E-state index in [1.807, 2.05) is 0 Å². The van der Waals surface area contributed by atoms with E-state index in [4.69, 9.17) is 9.26 Å². The molecule has 0 saturated carbocycles. The van der Waals surface area contributed by atoms with Crippen LogP contribution in [0.15, 0.2) is 28.9 Å². The molecule has 94 valence electrons. The van der Waals surface area contributed by atoms with Gasteiger partial charge in [-0.3, -0.25) is 4.79 Å². The lowest BCUT2D eigenvalue weighted by molar-refractivity contribution is 0.0914. The quantitative estimate of drug-likeness (QED) is 0.881. The Morgan fingerprint density at radius 2 is 2.33 bits per heavy atom. The number of pyridine rings is 1. The summed E-state index contributed by atoms with van der Waals surface area (Å²) in [5.41, 5.74) is 1.57. The molecule has 18 heavy (non-hydrogen) atoms. The zero-order valence-corrected chi connectivity index (χ0v) is 10.1. The van der Waals surface area contributed by atoms with Crippen LogP contribution in [-0.2, 0) is 6.54 Å². The van der Waals surface area contributed by atoms with Gasteiger partial charge in [-0.1, -0.05) is 5.16 Å². The van der Waals surface area contributed by atoms with Crippen LogP contribution in [0.1, 0.15) is 21.8 Å². The van der Waals surface area contributed by atoms with Gasteiger partial charge in [-0.2, -0.15) is 0 Å². The van der Waals surface area contributed by atoms with E-state index >= 15 is 0 Å². The fourth-order valence-electron chi connectivity index (χ4n) is 1.41. The monoisotopic (exact) mass is 247 g/mol. The Balaban J connectivity index is 1.97. The molecular formula is C12H13N3O3. The second kappa shape index (κ2) is 5.31. The summed E-state index contributed by atoms with van der Waals surface area (Å²) in [6, 6.07) is 5.14. The average molecular weight is 247 g/mol. The molecule has 2 aromatic heterocycles. The number of carbonyl (C=O) groups is 1. The van der Waals surface area contributed by atoms with Crippen LogP contribution in [0, 0.1) is 6.92 Å². The maximum Gasteiger partial charge on any atom is 0.290 e. The molecule has 0 radical (unpaired) electrons. The lowest BCUT2D eigenvalue weighted by atomic mass is 10.2. The smallest absolute Gasteiger partial charge is 0.290 e. The minimum atomic E-state index is -0.300. The van der Waals surface area contributed by atoms with Crippen LogP contribution in [0.3, 0.4) is 0 Å². The van der Waals surface area contributed by atoms with Crippen molar-refractivity contribution in [2.75, 3.05) is 7.11 Å². The molecule has 1 amide bonds. The second-order valence-corrected chi connectivity index (χ2v) is 3.72. The first-order valence-corrected chi connectivity index (χ1v) is 5.39. The molecule has 2 aromatic rings. The van der Waals surface area contributed by atoms with E-state index in [0.717, 1.165) is 5.56 Å². The van der Waals surface area contributed by atoms with Gasteiger partial charge >= 0.3 is 0 Å². The Morgan fingerprint density at radius 1 is 1.50 bits per heavy atom. The van der Waals surface area contributed by atoms with E-state index in [9.17, 15) is 4.79 Å². The highest BCUT2D eigenvalue weighted by Gasteiger charge is 2.10. The molecule has 0 spiro atoms. The maximum atomic E-state index is 11.7. The van der Waals surface area contributed by atoms with Gasteiger partial charge in [0.05, 0.1) is 12.8 Å². The molecular weight excluding hydrogens is 234 g/mol. The zero-order valence-electron chi connectivity index (χ0n) is 10.1. The fourth-order valence-corrected chi connectivity index (χ4v) is 1.41. The normalized spacial score (nSPS) is 10.1. The Bertz CT molecular complexity index is 551. The second-order valence-electron chi connectivity index (χ2n) is 3.72. The third-order valence-corrected chi connectivity index (χ3v) is 2.31. The molecule has 6 nitrogen and oxygen atoms in total. The topological polar surface area (TPSA) is 77.2 Å². The minimum Gasteiger partial charge on any atom is -0.481 e. The summed E-state index contributed by atoms with van der Waals surface area (Å²) < 4.78 is 9.86. The third kappa shape index (κ3) is 2.85. The number of nitrogens with one attached hydrogen (secondary N) is 1. The molecule has 0 fully saturated rings. The van der Waals surface area contributed by atoms with E-state index in [-0.39, 0.29) is 11.7 Å². The number of rotatable bonds is 4. The Hall–Kier alpha value is -2.37. The molecule has 1 N–H and O–H groups in total. The van der Waals surface area contributed by atoms with E-state index in [1.165, 1.54) is 0 Å². The summed E-state index contributed by atoms with van der Waals surface area (Å²) in [7, 11) is 1.54. The minimum absolute atomic E-state index is 0.202. The molecule has 0 aliphatic carbocycles. The molecule has 0 aromatic carbocycles. The first-order valence-electron chi connectivity index (χ1n) is 5.39. The van der Waals surface area contributed by atoms with Crippen molar-refractivity contribution in [1.82, 2.24) is 15.5 Å². The first-order chi connectivity index (χ1) is 8.69. The number of carbonyl (C=O) groups excluding carboxylic acids is 1. The SMILES string of the molecule is COc1cc(CNC(=O)c2cc(C)no2)ccn1. The van der Waals surface area contributed by atoms with Crippen LogP contribution in [-0.4, -0.2) is 23.2 Å². The number of hydrogen-bond acceptors (Lipinski definition) is 5. The van der Waals surface area contributed by atoms with E-state index in [1.54, 1.807) is 38.4 Å². The first kappa shape index (κ1) is 12.1. The van der Waals surface area contributed by atoms with Crippen molar-refractivity contribution in [3.05, 3.63) is 41.4 Å². The van der Waals surface area contributed by atoms with Crippen LogP contribution in [0.25, 0.3) is 0 Å². The van der Waals surface area contributed by atoms with E-state index in [2.05, 4.69) is 15.5 Å². The Kier molecular flexibility index (Phi) is 3.57. The van der Waals surface area contributed by atoms with Crippen molar-refractivity contribution in [1.29, 1.82) is 0 Å². The highest BCUT2D eigenvalue weighted by Crippen LogP contribution is 2.08. The standard InChI is InChI=1S/C12H13N3O3/c1-8-5-10(18-15-8)12(16)14-7-9-3-4-13-11(6-9)17-2/h3-6H,7H2,1-2H3,(H,14,16). The number of amides is 1. The number of ether oxygens (including phenoxy) is 1. The molecule has 0 unspecified atom stereocenters. The molecule has 2 rings (SSSR count). The Labute approximate surface area is 104 Å². The predicted molar refractivity (Wildman–Crippen MR) is 63.2 cm³/mol. The van der Waals surface area contributed by atoms with Crippen LogP contribution >= 0.6 is 0 Å². The van der Waals surface area contributed by atoms with Gasteiger partial charge in [0.15, 0.2) is 0 Å². The van der Waals surface area contributed by atoms with E-state index in [0.29, 0.717) is 18.1 Å². The van der Waals surface area contributed by atoms with Crippen LogP contribution in [0.4, 0.5) is 0 Å². The number of hydrogen-bond donors (Lipinski definition) is 1. The van der Waals surface area contributed by atoms with Crippen molar-refractivity contribution in [2.24, 2.45) is 0 Å². The van der Waals surface area contributed by atoms with Crippen molar-refractivity contribution >= 4 is 5.91 Å². The summed E-state index contributed by atoms with van der Waals surface area (Å²) in [4.78, 5) is 15.7. The molecule has 6 heteroatoms. The highest BCUT2D eigenvalue weighted by atomic mass is 16.5. The van der Waals surface area contributed by atoms with Gasteiger partial charge in [-0.05, 0) is 18.6 Å². The zero-order chi connectivity index (χ0) is 13.0. The van der Waals surface area contributed by atoms with Crippen molar-refractivity contribution in [3.63, 3.8) is 0 Å². The molecule has 0 bridgehead atoms. The number of aryl methyl sites for hydroxylation is 1. The van der Waals surface area contributed by atoms with Gasteiger partial charge < -0.3 is 14.6 Å². The summed E-state index contributed by atoms with van der Waals surface area (Å²) in [5, 5.41) is 6.38. The molecule has 0 saturated heterocycles. The summed E-state index contributed by atoms with van der Waals surface area (Å²) >= 11 is 0. The maximum absolute atomic E-state index is 11.7. The molecule has 0 atom stereocenters. The van der Waals surface area contributed by atoms with Gasteiger partial charge in [0.2, 0.25) is 11.6 Å². The van der Waals surface area contributed by atoms with Gasteiger partial charge in [-0.25, -0.2) is 4.98 Å². The largest absolute Gasteiger partial charge is 0.481 e. The number of aromatic nitrogens is 2. The summed E-state index contributed by atoms with van der Waals surface area (Å²) in [6.45, 7) is 2.13. The van der Waals surface area contributed by atoms with E-state index < -0.39 is 0 Å². The lowest BCUT2D eigenvalue weighted by Crippen LogP contribution is -2.22. The Morgan fingerprint density at radius 3 is 3.00 bits per heavy atom. The molecule has 2 heterocycles. The van der Waals surface area contributed by atoms with Crippen LogP contribution < -0.4 is 10.1 Å². The molecule has 0 aliphatic heterocycles.